The van der Waals surface area contributed by atoms with Gasteiger partial charge in [0.2, 0.25) is 0 Å². The average molecular weight is 545 g/mol. The summed E-state index contributed by atoms with van der Waals surface area (Å²) in [6.07, 6.45) is 33.1. The van der Waals surface area contributed by atoms with Crippen LogP contribution in [0, 0.1) is 16.7 Å². The Kier molecular flexibility index (Phi) is 14.3. The van der Waals surface area contributed by atoms with Crippen molar-refractivity contribution >= 4 is 0 Å². The van der Waals surface area contributed by atoms with Crippen molar-refractivity contribution in [3.05, 3.63) is 81.5 Å². The summed E-state index contributed by atoms with van der Waals surface area (Å²) in [4.78, 5) is 0. The maximum Gasteiger partial charge on any atom is -0.0104 e. The first kappa shape index (κ1) is 34.4. The molecule has 2 aliphatic carbocycles. The lowest BCUT2D eigenvalue weighted by Crippen LogP contribution is -2.20. The van der Waals surface area contributed by atoms with Crippen LogP contribution in [-0.2, 0) is 0 Å². The van der Waals surface area contributed by atoms with Crippen molar-refractivity contribution in [2.45, 2.75) is 153 Å². The van der Waals surface area contributed by atoms with Gasteiger partial charge in [-0.2, -0.15) is 0 Å². The first-order chi connectivity index (χ1) is 18.8. The Morgan fingerprint density at radius 3 is 2.17 bits per heavy atom. The van der Waals surface area contributed by atoms with Crippen LogP contribution in [0.3, 0.4) is 0 Å². The summed E-state index contributed by atoms with van der Waals surface area (Å²) in [6.45, 7) is 23.6. The fourth-order valence-corrected chi connectivity index (χ4v) is 6.85. The second-order valence-electron chi connectivity index (χ2n) is 14.6. The van der Waals surface area contributed by atoms with E-state index in [0.717, 1.165) is 6.42 Å². The predicted molar refractivity (Wildman–Crippen MR) is 182 cm³/mol. The van der Waals surface area contributed by atoms with Crippen LogP contribution in [-0.4, -0.2) is 0 Å². The van der Waals surface area contributed by atoms with Gasteiger partial charge < -0.3 is 0 Å². The van der Waals surface area contributed by atoms with Crippen LogP contribution in [0.15, 0.2) is 81.5 Å². The molecule has 0 bridgehead atoms. The molecule has 224 valence electrons. The SMILES string of the molecule is CC1=C(/C=C/C(C)=C/CC/C(C)=C/CCCC(C)/C=C/C=C(\C)CCC2=C(C)CCCC2(C)C)C(C)(C)CCC1. The molecule has 2 rings (SSSR count). The van der Waals surface area contributed by atoms with Crippen molar-refractivity contribution < 1.29 is 0 Å². The fraction of sp³-hybridized carbons (Fsp3) is 0.650. The molecule has 1 unspecified atom stereocenters. The summed E-state index contributed by atoms with van der Waals surface area (Å²) in [6, 6.07) is 0. The number of allylic oxidation sites excluding steroid dienone is 14. The summed E-state index contributed by atoms with van der Waals surface area (Å²) in [5, 5.41) is 0. The highest BCUT2D eigenvalue weighted by Crippen LogP contribution is 2.43. The lowest BCUT2D eigenvalue weighted by molar-refractivity contribution is 0.354. The van der Waals surface area contributed by atoms with Crippen molar-refractivity contribution in [1.29, 1.82) is 0 Å². The smallest absolute Gasteiger partial charge is 0.0104 e. The van der Waals surface area contributed by atoms with Crippen molar-refractivity contribution in [3.63, 3.8) is 0 Å². The zero-order chi connectivity index (χ0) is 29.8. The second-order valence-corrected chi connectivity index (χ2v) is 14.6. The summed E-state index contributed by atoms with van der Waals surface area (Å²) >= 11 is 0. The van der Waals surface area contributed by atoms with Gasteiger partial charge in [-0.25, -0.2) is 0 Å². The van der Waals surface area contributed by atoms with E-state index in [2.05, 4.69) is 112 Å². The molecule has 0 aromatic heterocycles. The van der Waals surface area contributed by atoms with Gasteiger partial charge in [-0.15, -0.1) is 0 Å². The van der Waals surface area contributed by atoms with Gasteiger partial charge in [0, 0.05) is 0 Å². The minimum absolute atomic E-state index is 0.324. The average Bonchev–Trinajstić information content (AvgIpc) is 2.85. The van der Waals surface area contributed by atoms with E-state index in [1.807, 2.05) is 0 Å². The Morgan fingerprint density at radius 1 is 0.825 bits per heavy atom. The molecule has 1 atom stereocenters. The molecule has 0 heterocycles. The summed E-state index contributed by atoms with van der Waals surface area (Å²) in [5.41, 5.74) is 11.7. The molecule has 0 saturated carbocycles. The van der Waals surface area contributed by atoms with Crippen LogP contribution in [0.5, 0.6) is 0 Å². The third-order valence-corrected chi connectivity index (χ3v) is 9.69. The Hall–Kier alpha value is -1.82. The summed E-state index contributed by atoms with van der Waals surface area (Å²) in [7, 11) is 0. The van der Waals surface area contributed by atoms with Crippen molar-refractivity contribution in [3.8, 4) is 0 Å². The first-order valence-corrected chi connectivity index (χ1v) is 16.6. The molecule has 0 aliphatic heterocycles. The zero-order valence-electron chi connectivity index (χ0n) is 28.3. The molecule has 0 amide bonds. The maximum atomic E-state index is 2.47. The summed E-state index contributed by atoms with van der Waals surface area (Å²) in [5.74, 6) is 0.644. The van der Waals surface area contributed by atoms with E-state index < -0.39 is 0 Å². The molecular formula is C40H64. The fourth-order valence-electron chi connectivity index (χ4n) is 6.85. The molecule has 0 aromatic rings. The third-order valence-electron chi connectivity index (χ3n) is 9.69. The quantitative estimate of drug-likeness (QED) is 0.116. The van der Waals surface area contributed by atoms with E-state index in [-0.39, 0.29) is 0 Å². The van der Waals surface area contributed by atoms with Gasteiger partial charge in [-0.3, -0.25) is 0 Å². The molecule has 0 fully saturated rings. The standard InChI is InChI=1S/C40H64/c1-31(19-13-21-33(3)25-27-37-35(5)23-15-29-39(37,7)8)17-11-12-18-32(2)20-14-22-34(4)26-28-38-36(6)24-16-30-40(38,9)10/h13,18-19,21-22,26,28,31H,11-12,14-17,20,23-25,27,29-30H2,1-10H3/b19-13+,28-26+,32-18+,33-21+,34-22+. The van der Waals surface area contributed by atoms with Crippen LogP contribution < -0.4 is 0 Å². The lowest BCUT2D eigenvalue weighted by atomic mass is 9.71. The van der Waals surface area contributed by atoms with Crippen LogP contribution >= 0.6 is 0 Å². The molecular weight excluding hydrogens is 480 g/mol. The molecule has 40 heavy (non-hydrogen) atoms. The predicted octanol–water partition coefficient (Wildman–Crippen LogP) is 13.4. The Balaban J connectivity index is 1.68. The normalized spacial score (nSPS) is 21.7. The second kappa shape index (κ2) is 16.6. The van der Waals surface area contributed by atoms with Crippen LogP contribution in [0.1, 0.15) is 153 Å². The maximum absolute atomic E-state index is 2.47. The molecule has 2 aliphatic rings. The van der Waals surface area contributed by atoms with E-state index in [0.29, 0.717) is 16.7 Å². The molecule has 0 radical (unpaired) electrons. The van der Waals surface area contributed by atoms with Crippen molar-refractivity contribution in [1.82, 2.24) is 0 Å². The highest BCUT2D eigenvalue weighted by Gasteiger charge is 2.28. The van der Waals surface area contributed by atoms with Gasteiger partial charge in [0.15, 0.2) is 0 Å². The minimum Gasteiger partial charge on any atom is -0.0856 e. The number of hydrogen-bond donors (Lipinski definition) is 0. The molecule has 0 aromatic carbocycles. The minimum atomic E-state index is 0.324. The Bertz CT molecular complexity index is 1020. The zero-order valence-corrected chi connectivity index (χ0v) is 28.3. The number of rotatable bonds is 14. The van der Waals surface area contributed by atoms with Gasteiger partial charge in [0.1, 0.15) is 0 Å². The molecule has 0 spiro atoms. The van der Waals surface area contributed by atoms with Gasteiger partial charge in [-0.05, 0) is 140 Å². The summed E-state index contributed by atoms with van der Waals surface area (Å²) < 4.78 is 0. The molecule has 0 heteroatoms. The largest absolute Gasteiger partial charge is 0.0856 e. The van der Waals surface area contributed by atoms with E-state index in [9.17, 15) is 0 Å². The van der Waals surface area contributed by atoms with Crippen molar-refractivity contribution in [2.75, 3.05) is 0 Å². The van der Waals surface area contributed by atoms with Gasteiger partial charge >= 0.3 is 0 Å². The van der Waals surface area contributed by atoms with E-state index >= 15 is 0 Å². The van der Waals surface area contributed by atoms with E-state index in [1.54, 1.807) is 22.3 Å². The van der Waals surface area contributed by atoms with Crippen LogP contribution in [0.2, 0.25) is 0 Å². The Morgan fingerprint density at radius 2 is 1.50 bits per heavy atom. The van der Waals surface area contributed by atoms with Gasteiger partial charge in [-0.1, -0.05) is 111 Å². The van der Waals surface area contributed by atoms with Crippen LogP contribution in [0.25, 0.3) is 0 Å². The third kappa shape index (κ3) is 12.0. The number of hydrogen-bond acceptors (Lipinski definition) is 0. The van der Waals surface area contributed by atoms with Crippen molar-refractivity contribution in [2.24, 2.45) is 16.7 Å². The molecule has 0 N–H and O–H groups in total. The van der Waals surface area contributed by atoms with Crippen LogP contribution in [0.4, 0.5) is 0 Å². The highest BCUT2D eigenvalue weighted by molar-refractivity contribution is 5.36. The monoisotopic (exact) mass is 545 g/mol. The molecule has 0 nitrogen and oxygen atoms in total. The Labute approximate surface area is 250 Å². The highest BCUT2D eigenvalue weighted by atomic mass is 14.3. The number of unbranched alkanes of at least 4 members (excludes halogenated alkanes) is 1. The van der Waals surface area contributed by atoms with Gasteiger partial charge in [0.25, 0.3) is 0 Å². The van der Waals surface area contributed by atoms with Gasteiger partial charge in [0.05, 0.1) is 0 Å². The van der Waals surface area contributed by atoms with E-state index in [4.69, 9.17) is 0 Å². The first-order valence-electron chi connectivity index (χ1n) is 16.6. The van der Waals surface area contributed by atoms with E-state index in [1.165, 1.54) is 93.8 Å². The molecule has 0 saturated heterocycles. The topological polar surface area (TPSA) is 0 Å². The lowest BCUT2D eigenvalue weighted by Gasteiger charge is -2.34.